The monoisotopic (exact) mass is 213 g/mol. The summed E-state index contributed by atoms with van der Waals surface area (Å²) in [7, 11) is 2.16. The summed E-state index contributed by atoms with van der Waals surface area (Å²) in [5.41, 5.74) is 1.01. The summed E-state index contributed by atoms with van der Waals surface area (Å²) in [5.74, 6) is 0. The number of likely N-dealkylation sites (tertiary alicyclic amines) is 1. The van der Waals surface area contributed by atoms with E-state index in [9.17, 15) is 0 Å². The topological polar surface area (TPSA) is 21.1 Å². The zero-order chi connectivity index (χ0) is 10.1. The Balaban J connectivity index is 2.11. The van der Waals surface area contributed by atoms with Gasteiger partial charge in [-0.3, -0.25) is 4.68 Å². The normalized spacial score (nSPS) is 20.2. The Kier molecular flexibility index (Phi) is 2.79. The van der Waals surface area contributed by atoms with Gasteiger partial charge in [0, 0.05) is 0 Å². The Bertz CT molecular complexity index is 313. The molecule has 0 N–H and O–H groups in total. The maximum atomic E-state index is 6.10. The first-order chi connectivity index (χ1) is 6.66. The van der Waals surface area contributed by atoms with Gasteiger partial charge in [0.25, 0.3) is 0 Å². The standard InChI is InChI=1S/C10H16ClN3/c1-8-7-10(11)14(12-8)9-3-5-13(2)6-4-9/h7,9H,3-6H2,1-2H3. The van der Waals surface area contributed by atoms with Gasteiger partial charge in [-0.2, -0.15) is 5.10 Å². The molecule has 0 bridgehead atoms. The zero-order valence-electron chi connectivity index (χ0n) is 8.70. The molecule has 0 spiro atoms. The Hall–Kier alpha value is -0.540. The lowest BCUT2D eigenvalue weighted by Gasteiger charge is -2.29. The minimum absolute atomic E-state index is 0.493. The van der Waals surface area contributed by atoms with Crippen molar-refractivity contribution in [3.8, 4) is 0 Å². The summed E-state index contributed by atoms with van der Waals surface area (Å²) in [6.45, 7) is 4.26. The van der Waals surface area contributed by atoms with Crippen molar-refractivity contribution in [1.82, 2.24) is 14.7 Å². The van der Waals surface area contributed by atoms with Gasteiger partial charge in [0.15, 0.2) is 0 Å². The third kappa shape index (κ3) is 1.93. The lowest BCUT2D eigenvalue weighted by Crippen LogP contribution is -2.31. The molecule has 0 radical (unpaired) electrons. The molecule has 0 amide bonds. The van der Waals surface area contributed by atoms with Crippen LogP contribution in [-0.2, 0) is 0 Å². The van der Waals surface area contributed by atoms with E-state index < -0.39 is 0 Å². The van der Waals surface area contributed by atoms with Gasteiger partial charge in [-0.1, -0.05) is 11.6 Å². The largest absolute Gasteiger partial charge is 0.306 e. The molecule has 3 nitrogen and oxygen atoms in total. The van der Waals surface area contributed by atoms with Crippen LogP contribution in [0, 0.1) is 6.92 Å². The van der Waals surface area contributed by atoms with Crippen LogP contribution in [0.15, 0.2) is 6.07 Å². The molecule has 1 aliphatic rings. The Labute approximate surface area is 89.7 Å². The molecule has 0 aliphatic carbocycles. The van der Waals surface area contributed by atoms with Crippen molar-refractivity contribution in [3.63, 3.8) is 0 Å². The molecule has 4 heteroatoms. The highest BCUT2D eigenvalue weighted by atomic mass is 35.5. The molecule has 0 aromatic carbocycles. The fourth-order valence-electron chi connectivity index (χ4n) is 1.98. The second-order valence-corrected chi connectivity index (χ2v) is 4.47. The van der Waals surface area contributed by atoms with Crippen LogP contribution < -0.4 is 0 Å². The molecule has 14 heavy (non-hydrogen) atoms. The van der Waals surface area contributed by atoms with Crippen LogP contribution in [0.2, 0.25) is 5.15 Å². The SMILES string of the molecule is Cc1cc(Cl)n(C2CCN(C)CC2)n1. The molecule has 0 atom stereocenters. The van der Waals surface area contributed by atoms with Gasteiger partial charge in [-0.25, -0.2) is 0 Å². The predicted molar refractivity (Wildman–Crippen MR) is 57.7 cm³/mol. The van der Waals surface area contributed by atoms with Crippen molar-refractivity contribution in [3.05, 3.63) is 16.9 Å². The Morgan fingerprint density at radius 3 is 2.57 bits per heavy atom. The first kappa shape index (κ1) is 9.99. The first-order valence-corrected chi connectivity index (χ1v) is 5.45. The van der Waals surface area contributed by atoms with E-state index in [-0.39, 0.29) is 0 Å². The van der Waals surface area contributed by atoms with Gasteiger partial charge in [0.05, 0.1) is 11.7 Å². The third-order valence-electron chi connectivity index (χ3n) is 2.85. The van der Waals surface area contributed by atoms with Crippen molar-refractivity contribution in [2.75, 3.05) is 20.1 Å². The van der Waals surface area contributed by atoms with E-state index in [0.717, 1.165) is 36.8 Å². The van der Waals surface area contributed by atoms with E-state index >= 15 is 0 Å². The van der Waals surface area contributed by atoms with E-state index in [4.69, 9.17) is 11.6 Å². The predicted octanol–water partition coefficient (Wildman–Crippen LogP) is 2.11. The van der Waals surface area contributed by atoms with E-state index in [0.29, 0.717) is 6.04 Å². The smallest absolute Gasteiger partial charge is 0.127 e. The van der Waals surface area contributed by atoms with Crippen molar-refractivity contribution in [1.29, 1.82) is 0 Å². The molecular formula is C10H16ClN3. The number of aryl methyl sites for hydroxylation is 1. The molecule has 78 valence electrons. The summed E-state index contributed by atoms with van der Waals surface area (Å²) in [6.07, 6.45) is 2.30. The van der Waals surface area contributed by atoms with Crippen LogP contribution in [-0.4, -0.2) is 34.8 Å². The number of nitrogens with zero attached hydrogens (tertiary/aromatic N) is 3. The lowest BCUT2D eigenvalue weighted by molar-refractivity contribution is 0.212. The van der Waals surface area contributed by atoms with Gasteiger partial charge in [0.2, 0.25) is 0 Å². The summed E-state index contributed by atoms with van der Waals surface area (Å²) in [5, 5.41) is 5.20. The van der Waals surface area contributed by atoms with Crippen molar-refractivity contribution in [2.45, 2.75) is 25.8 Å². The number of rotatable bonds is 1. The number of aromatic nitrogens is 2. The Morgan fingerprint density at radius 1 is 1.43 bits per heavy atom. The maximum Gasteiger partial charge on any atom is 0.127 e. The van der Waals surface area contributed by atoms with Crippen LogP contribution in [0.5, 0.6) is 0 Å². The minimum atomic E-state index is 0.493. The van der Waals surface area contributed by atoms with Gasteiger partial charge in [-0.05, 0) is 46.0 Å². The van der Waals surface area contributed by atoms with Crippen LogP contribution in [0.3, 0.4) is 0 Å². The highest BCUT2D eigenvalue weighted by Gasteiger charge is 2.20. The van der Waals surface area contributed by atoms with Crippen LogP contribution in [0.25, 0.3) is 0 Å². The second-order valence-electron chi connectivity index (χ2n) is 4.09. The van der Waals surface area contributed by atoms with Gasteiger partial charge in [-0.15, -0.1) is 0 Å². The summed E-state index contributed by atoms with van der Waals surface area (Å²) in [4.78, 5) is 2.35. The maximum absolute atomic E-state index is 6.10. The second kappa shape index (κ2) is 3.91. The highest BCUT2D eigenvalue weighted by Crippen LogP contribution is 2.25. The highest BCUT2D eigenvalue weighted by molar-refractivity contribution is 6.29. The van der Waals surface area contributed by atoms with Crippen LogP contribution in [0.1, 0.15) is 24.6 Å². The van der Waals surface area contributed by atoms with Gasteiger partial charge >= 0.3 is 0 Å². The Morgan fingerprint density at radius 2 is 2.07 bits per heavy atom. The molecule has 1 aromatic rings. The summed E-state index contributed by atoms with van der Waals surface area (Å²) >= 11 is 6.10. The van der Waals surface area contributed by atoms with Gasteiger partial charge in [0.1, 0.15) is 5.15 Å². The summed E-state index contributed by atoms with van der Waals surface area (Å²) in [6, 6.07) is 2.42. The minimum Gasteiger partial charge on any atom is -0.306 e. The molecule has 1 aromatic heterocycles. The number of hydrogen-bond donors (Lipinski definition) is 0. The zero-order valence-corrected chi connectivity index (χ0v) is 9.46. The lowest BCUT2D eigenvalue weighted by atomic mass is 10.1. The number of piperidine rings is 1. The van der Waals surface area contributed by atoms with Crippen LogP contribution >= 0.6 is 11.6 Å². The quantitative estimate of drug-likeness (QED) is 0.713. The van der Waals surface area contributed by atoms with Crippen molar-refractivity contribution < 1.29 is 0 Å². The van der Waals surface area contributed by atoms with E-state index in [1.165, 1.54) is 0 Å². The molecular weight excluding hydrogens is 198 g/mol. The molecule has 0 saturated carbocycles. The van der Waals surface area contributed by atoms with E-state index in [1.54, 1.807) is 0 Å². The number of hydrogen-bond acceptors (Lipinski definition) is 2. The molecule has 2 rings (SSSR count). The molecule has 1 fully saturated rings. The fourth-order valence-corrected chi connectivity index (χ4v) is 2.31. The van der Waals surface area contributed by atoms with Crippen molar-refractivity contribution >= 4 is 11.6 Å². The number of halogens is 1. The average molecular weight is 214 g/mol. The third-order valence-corrected chi connectivity index (χ3v) is 3.13. The molecule has 2 heterocycles. The van der Waals surface area contributed by atoms with Crippen LogP contribution in [0.4, 0.5) is 0 Å². The molecule has 1 saturated heterocycles. The van der Waals surface area contributed by atoms with Gasteiger partial charge < -0.3 is 4.90 Å². The molecule has 0 unspecified atom stereocenters. The average Bonchev–Trinajstić information content (AvgIpc) is 2.47. The first-order valence-electron chi connectivity index (χ1n) is 5.07. The van der Waals surface area contributed by atoms with Crippen molar-refractivity contribution in [2.24, 2.45) is 0 Å². The molecule has 1 aliphatic heterocycles. The fraction of sp³-hybridized carbons (Fsp3) is 0.700. The van der Waals surface area contributed by atoms with E-state index in [1.807, 2.05) is 17.7 Å². The summed E-state index contributed by atoms with van der Waals surface area (Å²) < 4.78 is 1.98. The van der Waals surface area contributed by atoms with E-state index in [2.05, 4.69) is 17.0 Å².